The highest BCUT2D eigenvalue weighted by Gasteiger charge is 2.21. The predicted molar refractivity (Wildman–Crippen MR) is 54.9 cm³/mol. The summed E-state index contributed by atoms with van der Waals surface area (Å²) in [6.07, 6.45) is 2.01. The van der Waals surface area contributed by atoms with Crippen molar-refractivity contribution in [3.8, 4) is 0 Å². The van der Waals surface area contributed by atoms with Gasteiger partial charge in [-0.25, -0.2) is 0 Å². The van der Waals surface area contributed by atoms with E-state index in [1.807, 2.05) is 13.8 Å². The van der Waals surface area contributed by atoms with Crippen molar-refractivity contribution in [3.63, 3.8) is 0 Å². The molecule has 0 saturated heterocycles. The minimum atomic E-state index is -0.312. The molecule has 3 nitrogen and oxygen atoms in total. The molecule has 0 amide bonds. The summed E-state index contributed by atoms with van der Waals surface area (Å²) in [6.45, 7) is 5.72. The molecule has 3 heteroatoms. The number of hydrogen-bond donors (Lipinski definition) is 0. The van der Waals surface area contributed by atoms with E-state index in [9.17, 15) is 9.59 Å². The van der Waals surface area contributed by atoms with Crippen LogP contribution in [0.4, 0.5) is 0 Å². The Labute approximate surface area is 85.8 Å². The molecule has 0 N–H and O–H groups in total. The molecule has 14 heavy (non-hydrogen) atoms. The number of carbonyl (C=O) groups excluding carboxylic acids is 2. The van der Waals surface area contributed by atoms with Gasteiger partial charge in [0.05, 0.1) is 13.0 Å². The third-order valence-corrected chi connectivity index (χ3v) is 2.55. The Bertz CT molecular complexity index is 195. The standard InChI is InChI=1S/C11H20O3/c1-5-9(6-2)10(12)7-8(3)11(13)14-4/h8-9H,5-7H2,1-4H3. The molecule has 1 atom stereocenters. The van der Waals surface area contributed by atoms with Crippen LogP contribution >= 0.6 is 0 Å². The van der Waals surface area contributed by atoms with Crippen LogP contribution in [0, 0.1) is 11.8 Å². The Hall–Kier alpha value is -0.860. The number of rotatable bonds is 6. The van der Waals surface area contributed by atoms with Crippen LogP contribution in [-0.4, -0.2) is 18.9 Å². The highest BCUT2D eigenvalue weighted by atomic mass is 16.5. The largest absolute Gasteiger partial charge is 0.469 e. The molecule has 0 aliphatic rings. The van der Waals surface area contributed by atoms with Crippen LogP contribution in [0.2, 0.25) is 0 Å². The summed E-state index contributed by atoms with van der Waals surface area (Å²) in [5, 5.41) is 0. The van der Waals surface area contributed by atoms with Gasteiger partial charge in [-0.15, -0.1) is 0 Å². The van der Waals surface area contributed by atoms with E-state index in [1.165, 1.54) is 7.11 Å². The van der Waals surface area contributed by atoms with Gasteiger partial charge in [0, 0.05) is 12.3 Å². The number of methoxy groups -OCH3 is 1. The highest BCUT2D eigenvalue weighted by Crippen LogP contribution is 2.15. The van der Waals surface area contributed by atoms with Gasteiger partial charge < -0.3 is 4.74 Å². The molecule has 0 aromatic carbocycles. The van der Waals surface area contributed by atoms with Crippen molar-refractivity contribution in [1.29, 1.82) is 0 Å². The smallest absolute Gasteiger partial charge is 0.308 e. The van der Waals surface area contributed by atoms with E-state index >= 15 is 0 Å². The monoisotopic (exact) mass is 200 g/mol. The van der Waals surface area contributed by atoms with Crippen LogP contribution in [-0.2, 0) is 14.3 Å². The lowest BCUT2D eigenvalue weighted by molar-refractivity contribution is -0.146. The van der Waals surface area contributed by atoms with Crippen molar-refractivity contribution < 1.29 is 14.3 Å². The second-order valence-corrected chi connectivity index (χ2v) is 3.61. The van der Waals surface area contributed by atoms with Gasteiger partial charge in [0.1, 0.15) is 5.78 Å². The predicted octanol–water partition coefficient (Wildman–Crippen LogP) is 2.19. The zero-order valence-corrected chi connectivity index (χ0v) is 9.50. The van der Waals surface area contributed by atoms with Crippen molar-refractivity contribution in [2.75, 3.05) is 7.11 Å². The molecule has 0 aromatic rings. The summed E-state index contributed by atoms with van der Waals surface area (Å²) in [5.74, 6) is -0.340. The van der Waals surface area contributed by atoms with E-state index in [0.717, 1.165) is 12.8 Å². The van der Waals surface area contributed by atoms with E-state index in [1.54, 1.807) is 6.92 Å². The number of ketones is 1. The number of hydrogen-bond acceptors (Lipinski definition) is 3. The van der Waals surface area contributed by atoms with Crippen LogP contribution in [0.1, 0.15) is 40.0 Å². The lowest BCUT2D eigenvalue weighted by Crippen LogP contribution is -2.21. The fraction of sp³-hybridized carbons (Fsp3) is 0.818. The SMILES string of the molecule is CCC(CC)C(=O)CC(C)C(=O)OC. The molecule has 0 saturated carbocycles. The van der Waals surface area contributed by atoms with Gasteiger partial charge in [-0.05, 0) is 12.8 Å². The van der Waals surface area contributed by atoms with Crippen LogP contribution < -0.4 is 0 Å². The minimum absolute atomic E-state index is 0.0992. The Balaban J connectivity index is 4.10. The van der Waals surface area contributed by atoms with E-state index in [4.69, 9.17) is 0 Å². The Morgan fingerprint density at radius 2 is 1.71 bits per heavy atom. The number of Topliss-reactive ketones (excluding diaryl/α,β-unsaturated/α-hetero) is 1. The minimum Gasteiger partial charge on any atom is -0.469 e. The summed E-state index contributed by atoms with van der Waals surface area (Å²) in [4.78, 5) is 22.7. The van der Waals surface area contributed by atoms with E-state index in [0.29, 0.717) is 6.42 Å². The third kappa shape index (κ3) is 3.90. The first kappa shape index (κ1) is 13.1. The molecule has 0 spiro atoms. The maximum Gasteiger partial charge on any atom is 0.308 e. The molecular formula is C11H20O3. The zero-order valence-electron chi connectivity index (χ0n) is 9.50. The topological polar surface area (TPSA) is 43.4 Å². The Morgan fingerprint density at radius 1 is 1.21 bits per heavy atom. The van der Waals surface area contributed by atoms with Crippen LogP contribution in [0.15, 0.2) is 0 Å². The van der Waals surface area contributed by atoms with Crippen LogP contribution in [0.5, 0.6) is 0 Å². The summed E-state index contributed by atoms with van der Waals surface area (Å²) >= 11 is 0. The third-order valence-electron chi connectivity index (χ3n) is 2.55. The maximum atomic E-state index is 11.6. The van der Waals surface area contributed by atoms with Crippen LogP contribution in [0.25, 0.3) is 0 Å². The molecule has 0 bridgehead atoms. The first-order valence-corrected chi connectivity index (χ1v) is 5.17. The molecule has 0 aromatic heterocycles. The van der Waals surface area contributed by atoms with Crippen molar-refractivity contribution in [3.05, 3.63) is 0 Å². The summed E-state index contributed by atoms with van der Waals surface area (Å²) < 4.78 is 4.57. The van der Waals surface area contributed by atoms with Gasteiger partial charge in [-0.3, -0.25) is 9.59 Å². The highest BCUT2D eigenvalue weighted by molar-refractivity contribution is 5.85. The summed E-state index contributed by atoms with van der Waals surface area (Å²) in [5.41, 5.74) is 0. The average molecular weight is 200 g/mol. The van der Waals surface area contributed by atoms with Gasteiger partial charge in [-0.2, -0.15) is 0 Å². The van der Waals surface area contributed by atoms with Gasteiger partial charge in [0.2, 0.25) is 0 Å². The molecule has 0 aliphatic heterocycles. The van der Waals surface area contributed by atoms with Gasteiger partial charge in [-0.1, -0.05) is 20.8 Å². The molecule has 1 unspecified atom stereocenters. The quantitative estimate of drug-likeness (QED) is 0.617. The Kier molecular flexibility index (Phi) is 6.17. The van der Waals surface area contributed by atoms with Crippen molar-refractivity contribution in [2.45, 2.75) is 40.0 Å². The fourth-order valence-corrected chi connectivity index (χ4v) is 1.50. The normalized spacial score (nSPS) is 12.6. The van der Waals surface area contributed by atoms with Gasteiger partial charge >= 0.3 is 5.97 Å². The number of carbonyl (C=O) groups is 2. The van der Waals surface area contributed by atoms with Gasteiger partial charge in [0.25, 0.3) is 0 Å². The first-order valence-electron chi connectivity index (χ1n) is 5.17. The molecule has 82 valence electrons. The van der Waals surface area contributed by atoms with E-state index < -0.39 is 0 Å². The molecular weight excluding hydrogens is 180 g/mol. The van der Waals surface area contributed by atoms with Crippen molar-refractivity contribution in [1.82, 2.24) is 0 Å². The zero-order chi connectivity index (χ0) is 11.1. The number of ether oxygens (including phenoxy) is 1. The molecule has 0 rings (SSSR count). The Morgan fingerprint density at radius 3 is 2.07 bits per heavy atom. The summed E-state index contributed by atoms with van der Waals surface area (Å²) in [6, 6.07) is 0. The second kappa shape index (κ2) is 6.57. The maximum absolute atomic E-state index is 11.6. The van der Waals surface area contributed by atoms with Crippen molar-refractivity contribution in [2.24, 2.45) is 11.8 Å². The number of esters is 1. The first-order chi connectivity index (χ1) is 6.56. The van der Waals surface area contributed by atoms with E-state index in [2.05, 4.69) is 4.74 Å². The van der Waals surface area contributed by atoms with Crippen molar-refractivity contribution >= 4 is 11.8 Å². The molecule has 0 radical (unpaired) electrons. The van der Waals surface area contributed by atoms with Crippen LogP contribution in [0.3, 0.4) is 0 Å². The molecule has 0 aliphatic carbocycles. The lowest BCUT2D eigenvalue weighted by atomic mass is 9.91. The lowest BCUT2D eigenvalue weighted by Gasteiger charge is -2.13. The average Bonchev–Trinajstić information content (AvgIpc) is 2.18. The summed E-state index contributed by atoms with van der Waals surface area (Å²) in [7, 11) is 1.35. The second-order valence-electron chi connectivity index (χ2n) is 3.61. The molecule has 0 heterocycles. The fourth-order valence-electron chi connectivity index (χ4n) is 1.50. The van der Waals surface area contributed by atoms with Gasteiger partial charge in [0.15, 0.2) is 0 Å². The van der Waals surface area contributed by atoms with E-state index in [-0.39, 0.29) is 23.6 Å². The molecule has 0 fully saturated rings.